The highest BCUT2D eigenvalue weighted by atomic mass is 16.5. The molecule has 2 heterocycles. The molecule has 0 saturated heterocycles. The average molecular weight is 187 g/mol. The van der Waals surface area contributed by atoms with Crippen LogP contribution >= 0.6 is 0 Å². The first-order valence-electron chi connectivity index (χ1n) is 4.03. The highest BCUT2D eigenvalue weighted by molar-refractivity contribution is 5.75. The summed E-state index contributed by atoms with van der Waals surface area (Å²) in [4.78, 5) is 0. The number of hydrogen-bond acceptors (Lipinski definition) is 5. The summed E-state index contributed by atoms with van der Waals surface area (Å²) < 4.78 is 6.44. The van der Waals surface area contributed by atoms with Gasteiger partial charge in [-0.1, -0.05) is 17.3 Å². The zero-order chi connectivity index (χ0) is 9.38. The van der Waals surface area contributed by atoms with Gasteiger partial charge in [-0.25, -0.2) is 0 Å². The van der Waals surface area contributed by atoms with E-state index in [4.69, 9.17) is 4.52 Å². The Bertz CT molecular complexity index is 556. The van der Waals surface area contributed by atoms with Crippen molar-refractivity contribution < 1.29 is 4.52 Å². The van der Waals surface area contributed by atoms with Crippen LogP contribution in [-0.4, -0.2) is 25.4 Å². The first kappa shape index (κ1) is 7.19. The predicted molar refractivity (Wildman–Crippen MR) is 46.7 cm³/mol. The molecule has 0 aliphatic carbocycles. The van der Waals surface area contributed by atoms with Gasteiger partial charge in [-0.15, -0.1) is 10.2 Å². The molecule has 6 heteroatoms. The van der Waals surface area contributed by atoms with Crippen LogP contribution < -0.4 is 0 Å². The summed E-state index contributed by atoms with van der Waals surface area (Å²) in [6.07, 6.45) is 1.49. The molecule has 0 radical (unpaired) electrons. The van der Waals surface area contributed by atoms with Gasteiger partial charge in [0.25, 0.3) is 5.88 Å². The van der Waals surface area contributed by atoms with Crippen LogP contribution in [0.4, 0.5) is 0 Å². The van der Waals surface area contributed by atoms with Crippen LogP contribution in [0, 0.1) is 0 Å². The molecule has 2 aromatic heterocycles. The van der Waals surface area contributed by atoms with Gasteiger partial charge in [-0.2, -0.15) is 4.68 Å². The van der Waals surface area contributed by atoms with Crippen molar-refractivity contribution in [3.05, 3.63) is 30.5 Å². The largest absolute Gasteiger partial charge is 0.317 e. The SMILES string of the molecule is c1ccc2c(c1)nnn2-c1cnno1. The third-order valence-electron chi connectivity index (χ3n) is 1.91. The highest BCUT2D eigenvalue weighted by Gasteiger charge is 2.08. The molecule has 0 aliphatic heterocycles. The molecule has 0 aliphatic rings. The second kappa shape index (κ2) is 2.63. The second-order valence-electron chi connectivity index (χ2n) is 2.75. The van der Waals surface area contributed by atoms with Gasteiger partial charge in [0.05, 0.1) is 5.52 Å². The Morgan fingerprint density at radius 2 is 2.14 bits per heavy atom. The number of nitrogens with zero attached hydrogens (tertiary/aromatic N) is 5. The van der Waals surface area contributed by atoms with Crippen molar-refractivity contribution in [3.8, 4) is 5.88 Å². The minimum atomic E-state index is 0.457. The minimum absolute atomic E-state index is 0.457. The topological polar surface area (TPSA) is 69.6 Å². The molecule has 0 saturated carbocycles. The van der Waals surface area contributed by atoms with Gasteiger partial charge in [-0.05, 0) is 12.1 Å². The molecule has 3 rings (SSSR count). The number of fused-ring (bicyclic) bond motifs is 1. The molecule has 0 amide bonds. The van der Waals surface area contributed by atoms with Crippen molar-refractivity contribution >= 4 is 11.0 Å². The molecule has 0 unspecified atom stereocenters. The molecule has 3 aromatic rings. The first-order chi connectivity index (χ1) is 6.95. The molecule has 68 valence electrons. The monoisotopic (exact) mass is 187 g/mol. The maximum Gasteiger partial charge on any atom is 0.274 e. The van der Waals surface area contributed by atoms with Gasteiger partial charge in [0.2, 0.25) is 0 Å². The fourth-order valence-electron chi connectivity index (χ4n) is 1.29. The second-order valence-corrected chi connectivity index (χ2v) is 2.75. The van der Waals surface area contributed by atoms with Gasteiger partial charge >= 0.3 is 0 Å². The van der Waals surface area contributed by atoms with E-state index in [2.05, 4.69) is 20.7 Å². The quantitative estimate of drug-likeness (QED) is 0.563. The van der Waals surface area contributed by atoms with Crippen LogP contribution in [-0.2, 0) is 0 Å². The van der Waals surface area contributed by atoms with E-state index in [0.717, 1.165) is 11.0 Å². The minimum Gasteiger partial charge on any atom is -0.317 e. The van der Waals surface area contributed by atoms with Crippen LogP contribution in [0.15, 0.2) is 35.0 Å². The maximum absolute atomic E-state index is 4.89. The summed E-state index contributed by atoms with van der Waals surface area (Å²) in [5.74, 6) is 0.457. The molecule has 0 fully saturated rings. The highest BCUT2D eigenvalue weighted by Crippen LogP contribution is 2.13. The summed E-state index contributed by atoms with van der Waals surface area (Å²) in [5.41, 5.74) is 1.68. The van der Waals surface area contributed by atoms with E-state index in [1.165, 1.54) is 6.20 Å². The van der Waals surface area contributed by atoms with Crippen LogP contribution in [0.5, 0.6) is 0 Å². The molecule has 6 nitrogen and oxygen atoms in total. The van der Waals surface area contributed by atoms with Crippen molar-refractivity contribution in [1.29, 1.82) is 0 Å². The van der Waals surface area contributed by atoms with Crippen LogP contribution in [0.1, 0.15) is 0 Å². The summed E-state index contributed by atoms with van der Waals surface area (Å²) in [7, 11) is 0. The molecule has 14 heavy (non-hydrogen) atoms. The Kier molecular flexibility index (Phi) is 1.35. The third kappa shape index (κ3) is 0.905. The average Bonchev–Trinajstić information content (AvgIpc) is 2.85. The number of benzene rings is 1. The lowest BCUT2D eigenvalue weighted by Gasteiger charge is -1.92. The normalized spacial score (nSPS) is 10.9. The third-order valence-corrected chi connectivity index (χ3v) is 1.91. The zero-order valence-corrected chi connectivity index (χ0v) is 7.03. The lowest BCUT2D eigenvalue weighted by Crippen LogP contribution is -1.93. The Hall–Kier alpha value is -2.24. The summed E-state index contributed by atoms with van der Waals surface area (Å²) >= 11 is 0. The molecule has 0 spiro atoms. The van der Waals surface area contributed by atoms with Gasteiger partial charge in [0.15, 0.2) is 0 Å². The maximum atomic E-state index is 4.89. The lowest BCUT2D eigenvalue weighted by molar-refractivity contribution is 0.376. The van der Waals surface area contributed by atoms with Crippen molar-refractivity contribution in [1.82, 2.24) is 25.4 Å². The first-order valence-corrected chi connectivity index (χ1v) is 4.03. The van der Waals surface area contributed by atoms with Gasteiger partial charge in [-0.3, -0.25) is 0 Å². The van der Waals surface area contributed by atoms with Crippen molar-refractivity contribution in [3.63, 3.8) is 0 Å². The van der Waals surface area contributed by atoms with E-state index in [1.807, 2.05) is 24.3 Å². The Labute approximate surface area is 78.1 Å². The van der Waals surface area contributed by atoms with Crippen molar-refractivity contribution in [2.24, 2.45) is 0 Å². The van der Waals surface area contributed by atoms with E-state index in [9.17, 15) is 0 Å². The molecular weight excluding hydrogens is 182 g/mol. The fourth-order valence-corrected chi connectivity index (χ4v) is 1.29. The number of aromatic nitrogens is 5. The smallest absolute Gasteiger partial charge is 0.274 e. The summed E-state index contributed by atoms with van der Waals surface area (Å²) in [5, 5.41) is 14.9. The number of hydrogen-bond donors (Lipinski definition) is 0. The molecule has 0 bridgehead atoms. The standard InChI is InChI=1S/C8H5N5O/c1-2-4-7-6(3-1)10-11-13(7)8-5-9-12-14-8/h1-5H. The van der Waals surface area contributed by atoms with Crippen molar-refractivity contribution in [2.75, 3.05) is 0 Å². The number of rotatable bonds is 1. The molecule has 1 aromatic carbocycles. The van der Waals surface area contributed by atoms with E-state index < -0.39 is 0 Å². The summed E-state index contributed by atoms with van der Waals surface area (Å²) in [6, 6.07) is 7.59. The van der Waals surface area contributed by atoms with E-state index in [0.29, 0.717) is 5.88 Å². The zero-order valence-electron chi connectivity index (χ0n) is 7.03. The molecular formula is C8H5N5O. The summed E-state index contributed by atoms with van der Waals surface area (Å²) in [6.45, 7) is 0. The van der Waals surface area contributed by atoms with E-state index in [-0.39, 0.29) is 0 Å². The molecule has 0 N–H and O–H groups in total. The van der Waals surface area contributed by atoms with E-state index >= 15 is 0 Å². The van der Waals surface area contributed by atoms with Crippen LogP contribution in [0.3, 0.4) is 0 Å². The fraction of sp³-hybridized carbons (Fsp3) is 0. The van der Waals surface area contributed by atoms with Crippen LogP contribution in [0.2, 0.25) is 0 Å². The lowest BCUT2D eigenvalue weighted by atomic mass is 10.3. The van der Waals surface area contributed by atoms with Gasteiger partial charge in [0.1, 0.15) is 11.7 Å². The number of para-hydroxylation sites is 1. The van der Waals surface area contributed by atoms with Crippen molar-refractivity contribution in [2.45, 2.75) is 0 Å². The van der Waals surface area contributed by atoms with Gasteiger partial charge < -0.3 is 4.52 Å². The predicted octanol–water partition coefficient (Wildman–Crippen LogP) is 0.803. The van der Waals surface area contributed by atoms with E-state index in [1.54, 1.807) is 4.68 Å². The Morgan fingerprint density at radius 3 is 3.00 bits per heavy atom. The van der Waals surface area contributed by atoms with Crippen LogP contribution in [0.25, 0.3) is 16.9 Å². The molecule has 0 atom stereocenters. The Balaban J connectivity index is 2.33. The Morgan fingerprint density at radius 1 is 1.21 bits per heavy atom. The van der Waals surface area contributed by atoms with Gasteiger partial charge in [0, 0.05) is 5.27 Å².